The number of imidazole rings is 1. The summed E-state index contributed by atoms with van der Waals surface area (Å²) < 4.78 is 29.8. The highest BCUT2D eigenvalue weighted by atomic mass is 32.2. The van der Waals surface area contributed by atoms with Crippen LogP contribution < -0.4 is 10.0 Å². The fourth-order valence-electron chi connectivity index (χ4n) is 2.94. The van der Waals surface area contributed by atoms with E-state index in [0.717, 1.165) is 28.8 Å². The van der Waals surface area contributed by atoms with Crippen molar-refractivity contribution in [2.24, 2.45) is 5.92 Å². The number of nitrogens with zero attached hydrogens (tertiary/aromatic N) is 2. The number of aryl methyl sites for hydroxylation is 1. The van der Waals surface area contributed by atoms with E-state index in [2.05, 4.69) is 15.0 Å². The van der Waals surface area contributed by atoms with E-state index < -0.39 is 22.0 Å². The molecule has 1 aromatic carbocycles. The van der Waals surface area contributed by atoms with Crippen LogP contribution in [0.15, 0.2) is 46.0 Å². The van der Waals surface area contributed by atoms with E-state index in [4.69, 9.17) is 0 Å². The van der Waals surface area contributed by atoms with Crippen LogP contribution >= 0.6 is 11.3 Å². The molecule has 9 heteroatoms. The maximum Gasteiger partial charge on any atom is 0.250 e. The first-order valence-corrected chi connectivity index (χ1v) is 11.5. The highest BCUT2D eigenvalue weighted by molar-refractivity contribution is 7.91. The molecule has 2 heterocycles. The van der Waals surface area contributed by atoms with E-state index in [9.17, 15) is 13.2 Å². The van der Waals surface area contributed by atoms with Gasteiger partial charge in [0.15, 0.2) is 0 Å². The lowest BCUT2D eigenvalue weighted by Crippen LogP contribution is -2.47. The Hall–Kier alpha value is -2.23. The second-order valence-electron chi connectivity index (χ2n) is 6.84. The number of nitrogens with one attached hydrogen (secondary N) is 2. The molecule has 1 amide bonds. The van der Waals surface area contributed by atoms with Gasteiger partial charge in [-0.2, -0.15) is 4.72 Å². The van der Waals surface area contributed by atoms with Gasteiger partial charge in [0.25, 0.3) is 10.0 Å². The van der Waals surface area contributed by atoms with Crippen LogP contribution in [0.5, 0.6) is 0 Å². The van der Waals surface area contributed by atoms with Gasteiger partial charge in [-0.25, -0.2) is 13.4 Å². The number of hydrogen-bond acceptors (Lipinski definition) is 5. The van der Waals surface area contributed by atoms with Gasteiger partial charge < -0.3 is 4.57 Å². The minimum atomic E-state index is -3.76. The number of thiophene rings is 1. The van der Waals surface area contributed by atoms with Crippen molar-refractivity contribution in [3.05, 3.63) is 41.8 Å². The first-order chi connectivity index (χ1) is 13.3. The van der Waals surface area contributed by atoms with E-state index in [1.807, 2.05) is 35.8 Å². The summed E-state index contributed by atoms with van der Waals surface area (Å²) in [6.45, 7) is 6.35. The Bertz CT molecular complexity index is 1060. The number of rotatable bonds is 8. The number of aromatic nitrogens is 2. The number of fused-ring (bicyclic) bond motifs is 1. The predicted molar refractivity (Wildman–Crippen MR) is 112 cm³/mol. The topological polar surface area (TPSA) is 93.1 Å². The molecule has 0 unspecified atom stereocenters. The van der Waals surface area contributed by atoms with Gasteiger partial charge in [-0.1, -0.05) is 39.0 Å². The zero-order chi connectivity index (χ0) is 20.3. The molecule has 0 aliphatic heterocycles. The number of sulfonamides is 1. The Labute approximate surface area is 168 Å². The Morgan fingerprint density at radius 3 is 2.61 bits per heavy atom. The number of para-hydroxylation sites is 2. The van der Waals surface area contributed by atoms with Crippen molar-refractivity contribution < 1.29 is 13.2 Å². The van der Waals surface area contributed by atoms with Crippen LogP contribution in [0, 0.1) is 5.92 Å². The van der Waals surface area contributed by atoms with Gasteiger partial charge in [0.1, 0.15) is 10.3 Å². The van der Waals surface area contributed by atoms with Crippen molar-refractivity contribution in [1.82, 2.24) is 14.3 Å². The third-order valence-corrected chi connectivity index (χ3v) is 7.17. The van der Waals surface area contributed by atoms with Crippen molar-refractivity contribution in [2.75, 3.05) is 5.32 Å². The molecule has 1 atom stereocenters. The van der Waals surface area contributed by atoms with Crippen molar-refractivity contribution in [3.8, 4) is 0 Å². The molecule has 0 saturated heterocycles. The van der Waals surface area contributed by atoms with E-state index in [1.54, 1.807) is 25.3 Å². The quantitative estimate of drug-likeness (QED) is 0.584. The molecular formula is C19H24N4O3S2. The van der Waals surface area contributed by atoms with E-state index >= 15 is 0 Å². The molecule has 2 aromatic heterocycles. The SMILES string of the molecule is CCCn1c(NC(=O)[C@H](NS(=O)(=O)c2cccs2)C(C)C)nc2ccccc21. The van der Waals surface area contributed by atoms with Crippen molar-refractivity contribution in [3.63, 3.8) is 0 Å². The lowest BCUT2D eigenvalue weighted by molar-refractivity contribution is -0.118. The molecule has 28 heavy (non-hydrogen) atoms. The van der Waals surface area contributed by atoms with Gasteiger partial charge in [0, 0.05) is 6.54 Å². The van der Waals surface area contributed by atoms with Crippen LogP contribution in [0.2, 0.25) is 0 Å². The number of carbonyl (C=O) groups excluding carboxylic acids is 1. The average molecular weight is 421 g/mol. The number of carbonyl (C=O) groups is 1. The van der Waals surface area contributed by atoms with E-state index in [0.29, 0.717) is 12.5 Å². The molecule has 0 bridgehead atoms. The molecule has 0 aliphatic carbocycles. The minimum Gasteiger partial charge on any atom is -0.310 e. The maximum atomic E-state index is 12.9. The summed E-state index contributed by atoms with van der Waals surface area (Å²) in [7, 11) is -3.76. The van der Waals surface area contributed by atoms with Crippen LogP contribution in [0.4, 0.5) is 5.95 Å². The number of anilines is 1. The number of benzene rings is 1. The fraction of sp³-hybridized carbons (Fsp3) is 0.368. The number of amides is 1. The standard InChI is InChI=1S/C19H24N4O3S2/c1-4-11-23-15-9-6-5-8-14(15)20-19(23)21-18(24)17(13(2)3)22-28(25,26)16-10-7-12-27-16/h5-10,12-13,17,22H,4,11H2,1-3H3,(H,20,21,24)/t17-/m1/s1. The Kier molecular flexibility index (Phi) is 6.17. The monoisotopic (exact) mass is 420 g/mol. The summed E-state index contributed by atoms with van der Waals surface area (Å²) in [5.74, 6) is -0.240. The van der Waals surface area contributed by atoms with Crippen LogP contribution in [0.1, 0.15) is 27.2 Å². The van der Waals surface area contributed by atoms with Crippen molar-refractivity contribution >= 4 is 44.2 Å². The van der Waals surface area contributed by atoms with Gasteiger partial charge in [0.05, 0.1) is 11.0 Å². The molecule has 0 spiro atoms. The smallest absolute Gasteiger partial charge is 0.250 e. The summed E-state index contributed by atoms with van der Waals surface area (Å²) in [4.78, 5) is 17.5. The lowest BCUT2D eigenvalue weighted by Gasteiger charge is -2.21. The number of hydrogen-bond donors (Lipinski definition) is 2. The molecular weight excluding hydrogens is 396 g/mol. The van der Waals surface area contributed by atoms with Crippen LogP contribution in [-0.2, 0) is 21.4 Å². The van der Waals surface area contributed by atoms with Crippen LogP contribution in [-0.4, -0.2) is 29.9 Å². The largest absolute Gasteiger partial charge is 0.310 e. The average Bonchev–Trinajstić information content (AvgIpc) is 3.29. The predicted octanol–water partition coefficient (Wildman–Crippen LogP) is 3.45. The molecule has 0 fully saturated rings. The minimum absolute atomic E-state index is 0.184. The molecule has 0 radical (unpaired) electrons. The van der Waals surface area contributed by atoms with Gasteiger partial charge >= 0.3 is 0 Å². The Morgan fingerprint density at radius 1 is 1.21 bits per heavy atom. The van der Waals surface area contributed by atoms with Gasteiger partial charge in [0.2, 0.25) is 11.9 Å². The van der Waals surface area contributed by atoms with Crippen molar-refractivity contribution in [2.45, 2.75) is 44.0 Å². The van der Waals surface area contributed by atoms with Crippen molar-refractivity contribution in [1.29, 1.82) is 0 Å². The third kappa shape index (κ3) is 4.26. The molecule has 3 rings (SSSR count). The van der Waals surface area contributed by atoms with Gasteiger partial charge in [-0.15, -0.1) is 11.3 Å². The lowest BCUT2D eigenvalue weighted by atomic mass is 10.1. The molecule has 3 aromatic rings. The normalized spacial score (nSPS) is 13.1. The Morgan fingerprint density at radius 2 is 1.96 bits per heavy atom. The van der Waals surface area contributed by atoms with Gasteiger partial charge in [-0.05, 0) is 35.9 Å². The van der Waals surface area contributed by atoms with E-state index in [-0.39, 0.29) is 10.1 Å². The first kappa shape index (κ1) is 20.5. The highest BCUT2D eigenvalue weighted by Crippen LogP contribution is 2.21. The van der Waals surface area contributed by atoms with E-state index in [1.165, 1.54) is 6.07 Å². The molecule has 2 N–H and O–H groups in total. The highest BCUT2D eigenvalue weighted by Gasteiger charge is 2.30. The second kappa shape index (κ2) is 8.42. The zero-order valence-corrected chi connectivity index (χ0v) is 17.7. The summed E-state index contributed by atoms with van der Waals surface area (Å²) in [6, 6.07) is 9.92. The summed E-state index contributed by atoms with van der Waals surface area (Å²) in [5.41, 5.74) is 1.71. The summed E-state index contributed by atoms with van der Waals surface area (Å²) in [6.07, 6.45) is 0.877. The molecule has 7 nitrogen and oxygen atoms in total. The second-order valence-corrected chi connectivity index (χ2v) is 9.73. The Balaban J connectivity index is 1.87. The molecule has 0 saturated carbocycles. The first-order valence-electron chi connectivity index (χ1n) is 9.15. The fourth-order valence-corrected chi connectivity index (χ4v) is 5.30. The van der Waals surface area contributed by atoms with Crippen LogP contribution in [0.3, 0.4) is 0 Å². The van der Waals surface area contributed by atoms with Crippen LogP contribution in [0.25, 0.3) is 11.0 Å². The molecule has 0 aliphatic rings. The van der Waals surface area contributed by atoms with Gasteiger partial charge in [-0.3, -0.25) is 10.1 Å². The summed E-state index contributed by atoms with van der Waals surface area (Å²) >= 11 is 1.11. The summed E-state index contributed by atoms with van der Waals surface area (Å²) in [5, 5.41) is 4.51. The maximum absolute atomic E-state index is 12.9. The molecule has 150 valence electrons. The zero-order valence-electron chi connectivity index (χ0n) is 16.0. The third-order valence-electron chi connectivity index (χ3n) is 4.33.